The number of piperazine rings is 1. The quantitative estimate of drug-likeness (QED) is 0.901. The summed E-state index contributed by atoms with van der Waals surface area (Å²) in [6.45, 7) is 2.79. The van der Waals surface area contributed by atoms with Gasteiger partial charge < -0.3 is 15.1 Å². The van der Waals surface area contributed by atoms with Gasteiger partial charge in [0.1, 0.15) is 0 Å². The Balaban J connectivity index is 1.99. The Morgan fingerprint density at radius 2 is 1.59 bits per heavy atom. The third kappa shape index (κ3) is 3.97. The molecule has 5 nitrogen and oxygen atoms in total. The molecule has 0 radical (unpaired) electrons. The van der Waals surface area contributed by atoms with E-state index in [1.165, 1.54) is 24.3 Å². The molecule has 1 fully saturated rings. The summed E-state index contributed by atoms with van der Waals surface area (Å²) in [5.74, 6) is -2.20. The van der Waals surface area contributed by atoms with Gasteiger partial charge in [-0.3, -0.25) is 9.59 Å². The lowest BCUT2D eigenvalue weighted by Gasteiger charge is -2.32. The topological polar surface area (TPSA) is 52.6 Å². The maximum atomic E-state index is 12.2. The number of nitrogens with one attached hydrogen (secondary N) is 1. The van der Waals surface area contributed by atoms with Crippen LogP contribution in [0.1, 0.15) is 10.4 Å². The number of carbonyl (C=O) groups is 2. The lowest BCUT2D eigenvalue weighted by atomic mass is 10.1. The summed E-state index contributed by atoms with van der Waals surface area (Å²) in [7, 11) is 1.97. The number of alkyl halides is 3. The zero-order valence-corrected chi connectivity index (χ0v) is 12.0. The number of anilines is 1. The summed E-state index contributed by atoms with van der Waals surface area (Å²) >= 11 is 0. The number of hydrogen-bond acceptors (Lipinski definition) is 3. The molecular formula is C14H16F3N3O2. The van der Waals surface area contributed by atoms with Crippen LogP contribution >= 0.6 is 0 Å². The predicted molar refractivity (Wildman–Crippen MR) is 74.5 cm³/mol. The van der Waals surface area contributed by atoms with Gasteiger partial charge in [0.05, 0.1) is 0 Å². The van der Waals surface area contributed by atoms with Crippen LogP contribution in [0.5, 0.6) is 0 Å². The van der Waals surface area contributed by atoms with E-state index < -0.39 is 12.1 Å². The minimum atomic E-state index is -4.94. The van der Waals surface area contributed by atoms with Gasteiger partial charge in [0.15, 0.2) is 0 Å². The third-order valence-corrected chi connectivity index (χ3v) is 3.44. The van der Waals surface area contributed by atoms with Crippen molar-refractivity contribution in [2.45, 2.75) is 6.18 Å². The summed E-state index contributed by atoms with van der Waals surface area (Å²) in [6, 6.07) is 5.39. The molecule has 8 heteroatoms. The molecule has 0 saturated carbocycles. The fourth-order valence-electron chi connectivity index (χ4n) is 2.09. The molecule has 2 amide bonds. The van der Waals surface area contributed by atoms with Crippen LogP contribution in [0.3, 0.4) is 0 Å². The second kappa shape index (κ2) is 6.35. The molecule has 1 aromatic carbocycles. The van der Waals surface area contributed by atoms with E-state index in [1.54, 1.807) is 10.2 Å². The van der Waals surface area contributed by atoms with E-state index in [1.807, 2.05) is 7.05 Å². The number of nitrogens with zero attached hydrogens (tertiary/aromatic N) is 2. The van der Waals surface area contributed by atoms with Crippen molar-refractivity contribution >= 4 is 17.5 Å². The summed E-state index contributed by atoms with van der Waals surface area (Å²) in [5.41, 5.74) is 0.381. The first-order valence-corrected chi connectivity index (χ1v) is 6.73. The van der Waals surface area contributed by atoms with Crippen molar-refractivity contribution < 1.29 is 22.8 Å². The second-order valence-corrected chi connectivity index (χ2v) is 5.12. The van der Waals surface area contributed by atoms with Crippen molar-refractivity contribution in [1.29, 1.82) is 0 Å². The number of hydrogen-bond donors (Lipinski definition) is 1. The summed E-state index contributed by atoms with van der Waals surface area (Å²) in [4.78, 5) is 26.9. The smallest absolute Gasteiger partial charge is 0.336 e. The van der Waals surface area contributed by atoms with Crippen LogP contribution in [-0.4, -0.2) is 61.0 Å². The van der Waals surface area contributed by atoms with Crippen molar-refractivity contribution in [2.24, 2.45) is 0 Å². The molecule has 1 aliphatic heterocycles. The number of likely N-dealkylation sites (N-methyl/N-ethyl adjacent to an activating group) is 1. The highest BCUT2D eigenvalue weighted by Gasteiger charge is 2.38. The average Bonchev–Trinajstić information content (AvgIpc) is 2.47. The molecule has 0 aliphatic carbocycles. The molecule has 1 heterocycles. The Bertz CT molecular complexity index is 549. The molecule has 0 atom stereocenters. The van der Waals surface area contributed by atoms with Crippen molar-refractivity contribution in [3.63, 3.8) is 0 Å². The van der Waals surface area contributed by atoms with Crippen LogP contribution in [0.15, 0.2) is 24.3 Å². The molecule has 0 unspecified atom stereocenters. The molecule has 0 aromatic heterocycles. The van der Waals surface area contributed by atoms with E-state index in [-0.39, 0.29) is 11.6 Å². The lowest BCUT2D eigenvalue weighted by Crippen LogP contribution is -2.47. The minimum absolute atomic E-state index is 0.00254. The van der Waals surface area contributed by atoms with Crippen LogP contribution < -0.4 is 5.32 Å². The average molecular weight is 315 g/mol. The Kier molecular flexibility index (Phi) is 4.70. The van der Waals surface area contributed by atoms with Gasteiger partial charge in [0, 0.05) is 37.4 Å². The molecule has 1 saturated heterocycles. The van der Waals surface area contributed by atoms with Gasteiger partial charge in [-0.2, -0.15) is 13.2 Å². The van der Waals surface area contributed by atoms with Crippen LogP contribution in [0, 0.1) is 0 Å². The lowest BCUT2D eigenvalue weighted by molar-refractivity contribution is -0.167. The van der Waals surface area contributed by atoms with E-state index in [0.717, 1.165) is 13.1 Å². The Morgan fingerprint density at radius 3 is 2.09 bits per heavy atom. The van der Waals surface area contributed by atoms with E-state index in [0.29, 0.717) is 18.7 Å². The van der Waals surface area contributed by atoms with E-state index in [4.69, 9.17) is 0 Å². The van der Waals surface area contributed by atoms with Crippen molar-refractivity contribution in [1.82, 2.24) is 9.80 Å². The molecule has 1 aliphatic rings. The van der Waals surface area contributed by atoms with Crippen molar-refractivity contribution in [3.8, 4) is 0 Å². The van der Waals surface area contributed by atoms with Crippen LogP contribution in [0.25, 0.3) is 0 Å². The van der Waals surface area contributed by atoms with Gasteiger partial charge in [-0.25, -0.2) is 0 Å². The minimum Gasteiger partial charge on any atom is -0.336 e. The number of amides is 2. The molecule has 22 heavy (non-hydrogen) atoms. The standard InChI is InChI=1S/C14H16F3N3O2/c1-19-6-8-20(9-7-19)12(21)10-2-4-11(5-3-10)18-13(22)14(15,16)17/h2-5H,6-9H2,1H3,(H,18,22). The summed E-state index contributed by atoms with van der Waals surface area (Å²) in [6.07, 6.45) is -4.94. The summed E-state index contributed by atoms with van der Waals surface area (Å²) in [5, 5.41) is 1.74. The number of benzene rings is 1. The first-order valence-electron chi connectivity index (χ1n) is 6.73. The first kappa shape index (κ1) is 16.3. The highest BCUT2D eigenvalue weighted by molar-refractivity contribution is 5.97. The first-order chi connectivity index (χ1) is 10.3. The predicted octanol–water partition coefficient (Wildman–Crippen LogP) is 1.57. The number of carbonyl (C=O) groups excluding carboxylic acids is 2. The number of rotatable bonds is 2. The van der Waals surface area contributed by atoms with Gasteiger partial charge in [-0.05, 0) is 31.3 Å². The van der Waals surface area contributed by atoms with Crippen molar-refractivity contribution in [2.75, 3.05) is 38.5 Å². The highest BCUT2D eigenvalue weighted by Crippen LogP contribution is 2.19. The van der Waals surface area contributed by atoms with E-state index >= 15 is 0 Å². The molecule has 2 rings (SSSR count). The van der Waals surface area contributed by atoms with E-state index in [9.17, 15) is 22.8 Å². The molecule has 0 bridgehead atoms. The largest absolute Gasteiger partial charge is 0.471 e. The van der Waals surface area contributed by atoms with Crippen LogP contribution in [0.4, 0.5) is 18.9 Å². The molecule has 1 aromatic rings. The Hall–Kier alpha value is -2.09. The maximum absolute atomic E-state index is 12.2. The Labute approximate surface area is 125 Å². The molecular weight excluding hydrogens is 299 g/mol. The Morgan fingerprint density at radius 1 is 1.05 bits per heavy atom. The van der Waals surface area contributed by atoms with Gasteiger partial charge in [-0.1, -0.05) is 0 Å². The maximum Gasteiger partial charge on any atom is 0.471 e. The zero-order valence-electron chi connectivity index (χ0n) is 12.0. The van der Waals surface area contributed by atoms with Gasteiger partial charge in [0.25, 0.3) is 5.91 Å². The van der Waals surface area contributed by atoms with Crippen molar-refractivity contribution in [3.05, 3.63) is 29.8 Å². The van der Waals surface area contributed by atoms with Gasteiger partial charge in [-0.15, -0.1) is 0 Å². The van der Waals surface area contributed by atoms with E-state index in [2.05, 4.69) is 4.90 Å². The van der Waals surface area contributed by atoms with Crippen LogP contribution in [-0.2, 0) is 4.79 Å². The van der Waals surface area contributed by atoms with Gasteiger partial charge in [0.2, 0.25) is 0 Å². The van der Waals surface area contributed by atoms with Gasteiger partial charge >= 0.3 is 12.1 Å². The highest BCUT2D eigenvalue weighted by atomic mass is 19.4. The molecule has 1 N–H and O–H groups in total. The summed E-state index contributed by atoms with van der Waals surface area (Å²) < 4.78 is 36.4. The third-order valence-electron chi connectivity index (χ3n) is 3.44. The fourth-order valence-corrected chi connectivity index (χ4v) is 2.09. The SMILES string of the molecule is CN1CCN(C(=O)c2ccc(NC(=O)C(F)(F)F)cc2)CC1. The second-order valence-electron chi connectivity index (χ2n) is 5.12. The molecule has 120 valence electrons. The molecule has 0 spiro atoms. The van der Waals surface area contributed by atoms with Crippen LogP contribution in [0.2, 0.25) is 0 Å². The fraction of sp³-hybridized carbons (Fsp3) is 0.429. The zero-order chi connectivity index (χ0) is 16.3. The monoisotopic (exact) mass is 315 g/mol. The normalized spacial score (nSPS) is 16.5. The number of halogens is 3.